The number of likely N-dealkylation sites (tertiary alicyclic amines) is 1. The van der Waals surface area contributed by atoms with Gasteiger partial charge in [-0.2, -0.15) is 0 Å². The fraction of sp³-hybridized carbons (Fsp3) is 0.444. The first-order valence-corrected chi connectivity index (χ1v) is 7.89. The molecule has 0 radical (unpaired) electrons. The molecule has 2 aliphatic rings. The predicted molar refractivity (Wildman–Crippen MR) is 82.5 cm³/mol. The van der Waals surface area contributed by atoms with Gasteiger partial charge in [-0.15, -0.1) is 0 Å². The first-order valence-electron chi connectivity index (χ1n) is 7.89. The number of benzene rings is 1. The maximum Gasteiger partial charge on any atom is 0.230 e. The molecule has 2 amide bonds. The quantitative estimate of drug-likeness (QED) is 0.798. The molecular weight excluding hydrogens is 278 g/mol. The van der Waals surface area contributed by atoms with Gasteiger partial charge in [0.15, 0.2) is 0 Å². The van der Waals surface area contributed by atoms with Crippen molar-refractivity contribution in [3.8, 4) is 0 Å². The molecule has 1 aromatic carbocycles. The highest BCUT2D eigenvalue weighted by Crippen LogP contribution is 2.37. The molecule has 4 rings (SSSR count). The predicted octanol–water partition coefficient (Wildman–Crippen LogP) is 3.44. The molecular formula is C18H19NO3. The number of amides is 2. The summed E-state index contributed by atoms with van der Waals surface area (Å²) in [5.74, 6) is 0.860. The summed E-state index contributed by atoms with van der Waals surface area (Å²) >= 11 is 0. The van der Waals surface area contributed by atoms with E-state index in [0.29, 0.717) is 12.8 Å². The second kappa shape index (κ2) is 4.70. The molecule has 0 unspecified atom stereocenters. The summed E-state index contributed by atoms with van der Waals surface area (Å²) in [7, 11) is 0. The summed E-state index contributed by atoms with van der Waals surface area (Å²) in [4.78, 5) is 26.0. The normalized spacial score (nSPS) is 20.2. The first-order chi connectivity index (χ1) is 10.5. The molecule has 1 aromatic heterocycles. The van der Waals surface area contributed by atoms with E-state index in [1.807, 2.05) is 32.0 Å². The van der Waals surface area contributed by atoms with Crippen LogP contribution in [0.2, 0.25) is 0 Å². The van der Waals surface area contributed by atoms with Crippen LogP contribution < -0.4 is 0 Å². The third-order valence-corrected chi connectivity index (χ3v) is 4.96. The van der Waals surface area contributed by atoms with Crippen LogP contribution in [0.4, 0.5) is 0 Å². The number of carbonyl (C=O) groups is 2. The molecule has 1 aliphatic carbocycles. The molecule has 0 spiro atoms. The molecule has 2 aromatic rings. The fourth-order valence-corrected chi connectivity index (χ4v) is 3.42. The largest absolute Gasteiger partial charge is 0.461 e. The van der Waals surface area contributed by atoms with Gasteiger partial charge in [-0.1, -0.05) is 12.1 Å². The van der Waals surface area contributed by atoms with E-state index in [4.69, 9.17) is 4.42 Å². The Morgan fingerprint density at radius 3 is 2.41 bits per heavy atom. The standard InChI is InChI=1S/C18H19NO3/c1-10-11(2)22-16-7-12(3-6-15(10)16)13-8-17(20)19(14-4-5-14)18(21)9-13/h3,6-7,13-14H,4-5,8-9H2,1-2H3. The second-order valence-corrected chi connectivity index (χ2v) is 6.53. The Labute approximate surface area is 129 Å². The van der Waals surface area contributed by atoms with Crippen LogP contribution in [0.15, 0.2) is 22.6 Å². The fourth-order valence-electron chi connectivity index (χ4n) is 3.42. The van der Waals surface area contributed by atoms with Crippen LogP contribution in [0.25, 0.3) is 11.0 Å². The number of hydrogen-bond acceptors (Lipinski definition) is 3. The van der Waals surface area contributed by atoms with Crippen LogP contribution in [0.5, 0.6) is 0 Å². The summed E-state index contributed by atoms with van der Waals surface area (Å²) in [6, 6.07) is 6.24. The van der Waals surface area contributed by atoms with Gasteiger partial charge in [0.1, 0.15) is 11.3 Å². The zero-order valence-corrected chi connectivity index (χ0v) is 12.9. The maximum atomic E-state index is 12.3. The number of imide groups is 1. The van der Waals surface area contributed by atoms with Crippen molar-refractivity contribution in [3.63, 3.8) is 0 Å². The van der Waals surface area contributed by atoms with Crippen LogP contribution in [0, 0.1) is 13.8 Å². The molecule has 1 saturated heterocycles. The van der Waals surface area contributed by atoms with Crippen molar-refractivity contribution in [1.29, 1.82) is 0 Å². The Morgan fingerprint density at radius 1 is 1.09 bits per heavy atom. The summed E-state index contributed by atoms with van der Waals surface area (Å²) in [6.07, 6.45) is 2.79. The molecule has 22 heavy (non-hydrogen) atoms. The number of fused-ring (bicyclic) bond motifs is 1. The van der Waals surface area contributed by atoms with Gasteiger partial charge >= 0.3 is 0 Å². The minimum atomic E-state index is -0.0230. The average molecular weight is 297 g/mol. The van der Waals surface area contributed by atoms with Crippen LogP contribution in [-0.4, -0.2) is 22.8 Å². The number of hydrogen-bond donors (Lipinski definition) is 0. The third kappa shape index (κ3) is 2.05. The van der Waals surface area contributed by atoms with E-state index < -0.39 is 0 Å². The van der Waals surface area contributed by atoms with Crippen LogP contribution in [-0.2, 0) is 9.59 Å². The Balaban J connectivity index is 1.64. The van der Waals surface area contributed by atoms with Crippen molar-refractivity contribution in [2.75, 3.05) is 0 Å². The molecule has 1 aliphatic heterocycles. The second-order valence-electron chi connectivity index (χ2n) is 6.53. The van der Waals surface area contributed by atoms with Crippen LogP contribution >= 0.6 is 0 Å². The number of carbonyl (C=O) groups excluding carboxylic acids is 2. The molecule has 2 heterocycles. The summed E-state index contributed by atoms with van der Waals surface area (Å²) < 4.78 is 5.77. The van der Waals surface area contributed by atoms with E-state index in [9.17, 15) is 9.59 Å². The molecule has 4 nitrogen and oxygen atoms in total. The van der Waals surface area contributed by atoms with Gasteiger partial charge in [-0.3, -0.25) is 14.5 Å². The number of rotatable bonds is 2. The van der Waals surface area contributed by atoms with Crippen molar-refractivity contribution in [2.45, 2.75) is 51.5 Å². The zero-order valence-electron chi connectivity index (χ0n) is 12.9. The molecule has 0 atom stereocenters. The Bertz CT molecular complexity index is 767. The zero-order chi connectivity index (χ0) is 15.4. The monoisotopic (exact) mass is 297 g/mol. The first kappa shape index (κ1) is 13.6. The highest BCUT2D eigenvalue weighted by Gasteiger charge is 2.41. The van der Waals surface area contributed by atoms with Gasteiger partial charge in [0, 0.05) is 30.2 Å². The lowest BCUT2D eigenvalue weighted by atomic mass is 9.88. The van der Waals surface area contributed by atoms with E-state index in [0.717, 1.165) is 40.7 Å². The van der Waals surface area contributed by atoms with Crippen LogP contribution in [0.3, 0.4) is 0 Å². The molecule has 114 valence electrons. The van der Waals surface area contributed by atoms with Gasteiger partial charge in [0.2, 0.25) is 11.8 Å². The van der Waals surface area contributed by atoms with E-state index in [2.05, 4.69) is 0 Å². The maximum absolute atomic E-state index is 12.3. The average Bonchev–Trinajstić information content (AvgIpc) is 3.26. The van der Waals surface area contributed by atoms with Gasteiger partial charge in [0.25, 0.3) is 0 Å². The van der Waals surface area contributed by atoms with E-state index in [-0.39, 0.29) is 23.8 Å². The topological polar surface area (TPSA) is 50.5 Å². The number of aryl methyl sites for hydroxylation is 2. The smallest absolute Gasteiger partial charge is 0.230 e. The van der Waals surface area contributed by atoms with Crippen molar-refractivity contribution in [1.82, 2.24) is 4.90 Å². The SMILES string of the molecule is Cc1oc2cc(C3CC(=O)N(C4CC4)C(=O)C3)ccc2c1C. The van der Waals surface area contributed by atoms with Gasteiger partial charge < -0.3 is 4.42 Å². The minimum Gasteiger partial charge on any atom is -0.461 e. The lowest BCUT2D eigenvalue weighted by Gasteiger charge is -2.30. The molecule has 1 saturated carbocycles. The Morgan fingerprint density at radius 2 is 1.77 bits per heavy atom. The molecule has 4 heteroatoms. The summed E-state index contributed by atoms with van der Waals surface area (Å²) in [5.41, 5.74) is 3.02. The summed E-state index contributed by atoms with van der Waals surface area (Å²) in [5, 5.41) is 1.11. The lowest BCUT2D eigenvalue weighted by molar-refractivity contribution is -0.149. The van der Waals surface area contributed by atoms with Gasteiger partial charge in [0.05, 0.1) is 0 Å². The lowest BCUT2D eigenvalue weighted by Crippen LogP contribution is -2.43. The highest BCUT2D eigenvalue weighted by molar-refractivity contribution is 5.99. The number of furan rings is 1. The molecule has 0 bridgehead atoms. The summed E-state index contributed by atoms with van der Waals surface area (Å²) in [6.45, 7) is 4.00. The van der Waals surface area contributed by atoms with Crippen molar-refractivity contribution < 1.29 is 14.0 Å². The third-order valence-electron chi connectivity index (χ3n) is 4.96. The van der Waals surface area contributed by atoms with E-state index in [1.54, 1.807) is 0 Å². The van der Waals surface area contributed by atoms with Crippen molar-refractivity contribution in [3.05, 3.63) is 35.1 Å². The Kier molecular flexibility index (Phi) is 2.90. The molecule has 2 fully saturated rings. The van der Waals surface area contributed by atoms with Crippen molar-refractivity contribution in [2.24, 2.45) is 0 Å². The Hall–Kier alpha value is -2.10. The minimum absolute atomic E-state index is 0.0179. The van der Waals surface area contributed by atoms with Crippen LogP contribution in [0.1, 0.15) is 48.5 Å². The number of nitrogens with zero attached hydrogens (tertiary/aromatic N) is 1. The van der Waals surface area contributed by atoms with Crippen molar-refractivity contribution >= 4 is 22.8 Å². The number of piperidine rings is 1. The van der Waals surface area contributed by atoms with Gasteiger partial charge in [-0.25, -0.2) is 0 Å². The van der Waals surface area contributed by atoms with E-state index >= 15 is 0 Å². The molecule has 0 N–H and O–H groups in total. The van der Waals surface area contributed by atoms with Gasteiger partial charge in [-0.05, 0) is 43.9 Å². The highest BCUT2D eigenvalue weighted by atomic mass is 16.3. The van der Waals surface area contributed by atoms with E-state index in [1.165, 1.54) is 4.90 Å².